The summed E-state index contributed by atoms with van der Waals surface area (Å²) < 4.78 is 5.95. The molecule has 1 N–H and O–H groups in total. The molecular weight excluding hydrogens is 316 g/mol. The molecule has 140 valence electrons. The van der Waals surface area contributed by atoms with Crippen molar-refractivity contribution >= 4 is 11.9 Å². The normalized spacial score (nSPS) is 35.4. The Morgan fingerprint density at radius 3 is 2.52 bits per heavy atom. The molecule has 0 spiro atoms. The molecule has 0 radical (unpaired) electrons. The number of ether oxygens (including phenoxy) is 1. The number of hydrogen-bond acceptors (Lipinski definition) is 3. The van der Waals surface area contributed by atoms with Crippen molar-refractivity contribution in [1.29, 1.82) is 0 Å². The number of carboxylic acids is 1. The number of fused-ring (bicyclic) bond motifs is 1. The third kappa shape index (κ3) is 4.16. The molecule has 0 saturated heterocycles. The second-order valence-corrected chi connectivity index (χ2v) is 8.29. The van der Waals surface area contributed by atoms with E-state index in [1.54, 1.807) is 0 Å². The molecule has 0 heterocycles. The lowest BCUT2D eigenvalue weighted by Gasteiger charge is -2.46. The fourth-order valence-electron chi connectivity index (χ4n) is 4.21. The van der Waals surface area contributed by atoms with Gasteiger partial charge in [-0.05, 0) is 57.8 Å². The Hall–Kier alpha value is -1.58. The number of esters is 1. The zero-order chi connectivity index (χ0) is 18.8. The standard InChI is InChI=1S/C21H32O4/c1-6-8-14-11-15-10-9-13(3)17(19(22)23)18(15)16(12-14)25-20(24)21(4,5)7-2/h6,8-10,13-18H,7,11-12H2,1-5H3,(H,22,23)/t13-,14-,15-,16-,17-,18+/m0/s1. The molecule has 0 bridgehead atoms. The Kier molecular flexibility index (Phi) is 6.12. The molecule has 4 nitrogen and oxygen atoms in total. The number of carbonyl (C=O) groups excluding carboxylic acids is 1. The fourth-order valence-corrected chi connectivity index (χ4v) is 4.21. The van der Waals surface area contributed by atoms with E-state index in [4.69, 9.17) is 4.74 Å². The molecule has 2 aliphatic carbocycles. The molecule has 4 heteroatoms. The first-order valence-corrected chi connectivity index (χ1v) is 9.46. The zero-order valence-corrected chi connectivity index (χ0v) is 16.1. The van der Waals surface area contributed by atoms with Gasteiger partial charge in [-0.1, -0.05) is 38.2 Å². The van der Waals surface area contributed by atoms with Gasteiger partial charge >= 0.3 is 11.9 Å². The molecule has 0 amide bonds. The van der Waals surface area contributed by atoms with Crippen LogP contribution in [0, 0.1) is 35.0 Å². The maximum Gasteiger partial charge on any atom is 0.311 e. The highest BCUT2D eigenvalue weighted by Crippen LogP contribution is 2.47. The van der Waals surface area contributed by atoms with Gasteiger partial charge in [-0.25, -0.2) is 0 Å². The third-order valence-corrected chi connectivity index (χ3v) is 6.12. The number of allylic oxidation sites excluding steroid dienone is 4. The second-order valence-electron chi connectivity index (χ2n) is 8.29. The van der Waals surface area contributed by atoms with Crippen molar-refractivity contribution in [2.24, 2.45) is 35.0 Å². The molecular formula is C21H32O4. The molecule has 0 aromatic carbocycles. The van der Waals surface area contributed by atoms with E-state index >= 15 is 0 Å². The van der Waals surface area contributed by atoms with Crippen molar-refractivity contribution in [3.05, 3.63) is 24.3 Å². The molecule has 25 heavy (non-hydrogen) atoms. The van der Waals surface area contributed by atoms with Crippen LogP contribution in [0.25, 0.3) is 0 Å². The van der Waals surface area contributed by atoms with E-state index in [0.29, 0.717) is 18.8 Å². The van der Waals surface area contributed by atoms with Crippen molar-refractivity contribution in [3.8, 4) is 0 Å². The summed E-state index contributed by atoms with van der Waals surface area (Å²) in [6.45, 7) is 9.68. The summed E-state index contributed by atoms with van der Waals surface area (Å²) in [5.74, 6) is -1.22. The molecule has 2 aliphatic rings. The molecule has 1 saturated carbocycles. The fraction of sp³-hybridized carbons (Fsp3) is 0.714. The number of carbonyl (C=O) groups is 2. The van der Waals surface area contributed by atoms with Crippen LogP contribution in [0.3, 0.4) is 0 Å². The van der Waals surface area contributed by atoms with Crippen LogP contribution >= 0.6 is 0 Å². The summed E-state index contributed by atoms with van der Waals surface area (Å²) in [5.41, 5.74) is -0.544. The number of rotatable bonds is 5. The van der Waals surface area contributed by atoms with Crippen LogP contribution in [-0.2, 0) is 14.3 Å². The monoisotopic (exact) mass is 348 g/mol. The zero-order valence-electron chi connectivity index (χ0n) is 16.1. The van der Waals surface area contributed by atoms with Crippen molar-refractivity contribution in [3.63, 3.8) is 0 Å². The molecule has 0 aliphatic heterocycles. The lowest BCUT2D eigenvalue weighted by Crippen LogP contribution is -2.49. The summed E-state index contributed by atoms with van der Waals surface area (Å²) >= 11 is 0. The quantitative estimate of drug-likeness (QED) is 0.588. The minimum atomic E-state index is -0.785. The van der Waals surface area contributed by atoms with Gasteiger partial charge in [0.25, 0.3) is 0 Å². The minimum absolute atomic E-state index is 0.0441. The summed E-state index contributed by atoms with van der Waals surface area (Å²) in [6.07, 6.45) is 10.3. The van der Waals surface area contributed by atoms with E-state index < -0.39 is 17.3 Å². The van der Waals surface area contributed by atoms with Gasteiger partial charge in [0.15, 0.2) is 0 Å². The Morgan fingerprint density at radius 1 is 1.28 bits per heavy atom. The SMILES string of the molecule is CC=C[C@@H]1C[C@H](OC(=O)C(C)(C)CC)[C@@H]2[C@@H](C(=O)O)[C@@H](C)C=C[C@H]2C1. The highest BCUT2D eigenvalue weighted by Gasteiger charge is 2.49. The van der Waals surface area contributed by atoms with Crippen LogP contribution in [0.5, 0.6) is 0 Å². The lowest BCUT2D eigenvalue weighted by atomic mass is 9.61. The Bertz CT molecular complexity index is 560. The molecule has 0 unspecified atom stereocenters. The lowest BCUT2D eigenvalue weighted by molar-refractivity contribution is -0.173. The molecule has 2 rings (SSSR count). The van der Waals surface area contributed by atoms with Gasteiger partial charge in [0, 0.05) is 5.92 Å². The van der Waals surface area contributed by atoms with E-state index in [2.05, 4.69) is 12.2 Å². The van der Waals surface area contributed by atoms with Gasteiger partial charge in [-0.15, -0.1) is 0 Å². The average Bonchev–Trinajstić information content (AvgIpc) is 2.55. The van der Waals surface area contributed by atoms with E-state index in [-0.39, 0.29) is 29.8 Å². The van der Waals surface area contributed by atoms with Gasteiger partial charge in [0.1, 0.15) is 6.10 Å². The Labute approximate surface area is 151 Å². The highest BCUT2D eigenvalue weighted by molar-refractivity contribution is 5.76. The van der Waals surface area contributed by atoms with E-state index in [9.17, 15) is 14.7 Å². The molecule has 0 aromatic heterocycles. The summed E-state index contributed by atoms with van der Waals surface area (Å²) in [4.78, 5) is 24.6. The van der Waals surface area contributed by atoms with Crippen molar-refractivity contribution < 1.29 is 19.4 Å². The first-order chi connectivity index (χ1) is 11.7. The van der Waals surface area contributed by atoms with Gasteiger partial charge < -0.3 is 9.84 Å². The van der Waals surface area contributed by atoms with Crippen molar-refractivity contribution in [2.75, 3.05) is 0 Å². The summed E-state index contributed by atoms with van der Waals surface area (Å²) in [5, 5.41) is 9.79. The summed E-state index contributed by atoms with van der Waals surface area (Å²) in [6, 6.07) is 0. The maximum atomic E-state index is 12.7. The van der Waals surface area contributed by atoms with Gasteiger partial charge in [0.05, 0.1) is 11.3 Å². The van der Waals surface area contributed by atoms with Crippen molar-refractivity contribution in [1.82, 2.24) is 0 Å². The first-order valence-electron chi connectivity index (χ1n) is 9.46. The van der Waals surface area contributed by atoms with Gasteiger partial charge in [-0.2, -0.15) is 0 Å². The van der Waals surface area contributed by atoms with Crippen LogP contribution in [0.4, 0.5) is 0 Å². The minimum Gasteiger partial charge on any atom is -0.481 e. The third-order valence-electron chi connectivity index (χ3n) is 6.12. The van der Waals surface area contributed by atoms with Gasteiger partial charge in [0.2, 0.25) is 0 Å². The Balaban J connectivity index is 2.33. The topological polar surface area (TPSA) is 63.6 Å². The van der Waals surface area contributed by atoms with Crippen LogP contribution in [0.2, 0.25) is 0 Å². The van der Waals surface area contributed by atoms with Gasteiger partial charge in [-0.3, -0.25) is 9.59 Å². The predicted molar refractivity (Wildman–Crippen MR) is 97.9 cm³/mol. The molecule has 0 aromatic rings. The average molecular weight is 348 g/mol. The number of hydrogen-bond donors (Lipinski definition) is 1. The number of aliphatic carboxylic acids is 1. The maximum absolute atomic E-state index is 12.7. The smallest absolute Gasteiger partial charge is 0.311 e. The summed E-state index contributed by atoms with van der Waals surface area (Å²) in [7, 11) is 0. The number of carboxylic acid groups (broad SMARTS) is 1. The first kappa shape index (κ1) is 19.7. The van der Waals surface area contributed by atoms with E-state index in [1.165, 1.54) is 0 Å². The van der Waals surface area contributed by atoms with Crippen LogP contribution in [0.15, 0.2) is 24.3 Å². The Morgan fingerprint density at radius 2 is 1.96 bits per heavy atom. The largest absolute Gasteiger partial charge is 0.481 e. The molecule has 6 atom stereocenters. The second kappa shape index (κ2) is 7.76. The highest BCUT2D eigenvalue weighted by atomic mass is 16.5. The van der Waals surface area contributed by atoms with Crippen LogP contribution < -0.4 is 0 Å². The van der Waals surface area contributed by atoms with Crippen LogP contribution in [0.1, 0.15) is 53.9 Å². The van der Waals surface area contributed by atoms with E-state index in [1.807, 2.05) is 46.8 Å². The molecule has 1 fully saturated rings. The predicted octanol–water partition coefficient (Wildman–Crippen LogP) is 4.46. The van der Waals surface area contributed by atoms with Crippen molar-refractivity contribution in [2.45, 2.75) is 60.0 Å². The van der Waals surface area contributed by atoms with Crippen LogP contribution in [-0.4, -0.2) is 23.1 Å². The van der Waals surface area contributed by atoms with E-state index in [0.717, 1.165) is 6.42 Å².